The van der Waals surface area contributed by atoms with Gasteiger partial charge in [0.2, 0.25) is 5.91 Å². The highest BCUT2D eigenvalue weighted by Gasteiger charge is 2.43. The number of rotatable bonds is 4. The maximum Gasteiger partial charge on any atom is 0.417 e. The van der Waals surface area contributed by atoms with E-state index in [0.717, 1.165) is 12.1 Å². The summed E-state index contributed by atoms with van der Waals surface area (Å²) in [6.45, 7) is 4.16. The summed E-state index contributed by atoms with van der Waals surface area (Å²) in [6.07, 6.45) is -3.23. The van der Waals surface area contributed by atoms with E-state index in [-0.39, 0.29) is 24.4 Å². The SMILES string of the molecule is CCNC(=O)N1CCC([C@@H]2CN(c3ccc(C#N)c(C(F)(F)F)c3)C[C@H]2C(N)=O)CC1. The average molecular weight is 437 g/mol. The minimum atomic E-state index is -4.64. The van der Waals surface area contributed by atoms with Crippen LogP contribution in [-0.2, 0) is 11.0 Å². The summed E-state index contributed by atoms with van der Waals surface area (Å²) in [5, 5.41) is 11.8. The van der Waals surface area contributed by atoms with Crippen LogP contribution in [0.25, 0.3) is 0 Å². The molecule has 2 saturated heterocycles. The first kappa shape index (κ1) is 22.7. The third-order valence-electron chi connectivity index (χ3n) is 6.29. The van der Waals surface area contributed by atoms with Crippen molar-refractivity contribution in [2.75, 3.05) is 37.6 Å². The third-order valence-corrected chi connectivity index (χ3v) is 6.29. The Morgan fingerprint density at radius 2 is 1.94 bits per heavy atom. The predicted molar refractivity (Wildman–Crippen MR) is 108 cm³/mol. The number of nitrogens with zero attached hydrogens (tertiary/aromatic N) is 3. The summed E-state index contributed by atoms with van der Waals surface area (Å²) in [5.74, 6) is -0.901. The Balaban J connectivity index is 1.76. The quantitative estimate of drug-likeness (QED) is 0.756. The lowest BCUT2D eigenvalue weighted by Gasteiger charge is -2.36. The van der Waals surface area contributed by atoms with Gasteiger partial charge in [0.15, 0.2) is 0 Å². The van der Waals surface area contributed by atoms with Gasteiger partial charge in [-0.05, 0) is 49.8 Å². The molecule has 0 spiro atoms. The fourth-order valence-corrected chi connectivity index (χ4v) is 4.67. The molecule has 2 aliphatic heterocycles. The van der Waals surface area contributed by atoms with Crippen LogP contribution in [0.1, 0.15) is 30.9 Å². The van der Waals surface area contributed by atoms with Gasteiger partial charge in [-0.2, -0.15) is 18.4 Å². The highest BCUT2D eigenvalue weighted by molar-refractivity contribution is 5.79. The minimum Gasteiger partial charge on any atom is -0.370 e. The number of urea groups is 1. The third kappa shape index (κ3) is 4.86. The molecule has 0 aliphatic carbocycles. The Bertz CT molecular complexity index is 875. The van der Waals surface area contributed by atoms with E-state index in [2.05, 4.69) is 5.32 Å². The molecule has 3 rings (SSSR count). The Morgan fingerprint density at radius 1 is 1.26 bits per heavy atom. The molecule has 7 nitrogen and oxygen atoms in total. The Labute approximate surface area is 179 Å². The van der Waals surface area contributed by atoms with Crippen molar-refractivity contribution in [1.82, 2.24) is 10.2 Å². The topological polar surface area (TPSA) is 102 Å². The van der Waals surface area contributed by atoms with E-state index in [1.807, 2.05) is 6.92 Å². The number of piperidine rings is 1. The van der Waals surface area contributed by atoms with E-state index in [1.165, 1.54) is 6.07 Å². The van der Waals surface area contributed by atoms with Gasteiger partial charge in [-0.3, -0.25) is 4.79 Å². The van der Waals surface area contributed by atoms with Crippen LogP contribution in [0.2, 0.25) is 0 Å². The monoisotopic (exact) mass is 437 g/mol. The molecule has 2 atom stereocenters. The van der Waals surface area contributed by atoms with Gasteiger partial charge in [0.05, 0.1) is 23.1 Å². The number of carbonyl (C=O) groups excluding carboxylic acids is 2. The molecule has 0 radical (unpaired) electrons. The Kier molecular flexibility index (Phi) is 6.62. The van der Waals surface area contributed by atoms with Gasteiger partial charge < -0.3 is 20.9 Å². The lowest BCUT2D eigenvalue weighted by atomic mass is 9.78. The summed E-state index contributed by atoms with van der Waals surface area (Å²) >= 11 is 0. The lowest BCUT2D eigenvalue weighted by Crippen LogP contribution is -2.46. The first-order chi connectivity index (χ1) is 14.7. The summed E-state index contributed by atoms with van der Waals surface area (Å²) in [4.78, 5) is 27.6. The number of hydrogen-bond acceptors (Lipinski definition) is 4. The second-order valence-corrected chi connectivity index (χ2v) is 8.08. The zero-order valence-corrected chi connectivity index (χ0v) is 17.3. The molecule has 0 bridgehead atoms. The van der Waals surface area contributed by atoms with E-state index in [4.69, 9.17) is 11.0 Å². The van der Waals surface area contributed by atoms with Gasteiger partial charge in [0.1, 0.15) is 0 Å². The molecule has 31 heavy (non-hydrogen) atoms. The molecule has 0 aromatic heterocycles. The van der Waals surface area contributed by atoms with Crippen LogP contribution in [0, 0.1) is 29.1 Å². The molecular weight excluding hydrogens is 411 g/mol. The van der Waals surface area contributed by atoms with Crippen molar-refractivity contribution >= 4 is 17.6 Å². The normalized spacial score (nSPS) is 22.3. The van der Waals surface area contributed by atoms with Crippen LogP contribution < -0.4 is 16.0 Å². The first-order valence-corrected chi connectivity index (χ1v) is 10.3. The fourth-order valence-electron chi connectivity index (χ4n) is 4.67. The maximum atomic E-state index is 13.4. The zero-order valence-electron chi connectivity index (χ0n) is 17.3. The number of nitriles is 1. The fraction of sp³-hybridized carbons (Fsp3) is 0.571. The van der Waals surface area contributed by atoms with E-state index < -0.39 is 29.1 Å². The van der Waals surface area contributed by atoms with Crippen molar-refractivity contribution in [3.63, 3.8) is 0 Å². The molecule has 168 valence electrons. The average Bonchev–Trinajstić information content (AvgIpc) is 3.19. The number of halogens is 3. The van der Waals surface area contributed by atoms with Crippen molar-refractivity contribution in [2.24, 2.45) is 23.5 Å². The van der Waals surface area contributed by atoms with Gasteiger partial charge in [-0.25, -0.2) is 4.79 Å². The molecule has 2 heterocycles. The second kappa shape index (κ2) is 9.04. The van der Waals surface area contributed by atoms with Gasteiger partial charge in [-0.15, -0.1) is 0 Å². The molecular formula is C21H26F3N5O2. The van der Waals surface area contributed by atoms with Crippen LogP contribution >= 0.6 is 0 Å². The Morgan fingerprint density at radius 3 is 2.48 bits per heavy atom. The van der Waals surface area contributed by atoms with Crippen LogP contribution in [0.3, 0.4) is 0 Å². The van der Waals surface area contributed by atoms with Crippen molar-refractivity contribution in [3.05, 3.63) is 29.3 Å². The number of carbonyl (C=O) groups is 2. The number of anilines is 1. The van der Waals surface area contributed by atoms with Crippen molar-refractivity contribution in [3.8, 4) is 6.07 Å². The summed E-state index contributed by atoms with van der Waals surface area (Å²) in [6, 6.07) is 5.08. The van der Waals surface area contributed by atoms with E-state index in [9.17, 15) is 22.8 Å². The van der Waals surface area contributed by atoms with E-state index in [0.29, 0.717) is 44.7 Å². The highest BCUT2D eigenvalue weighted by atomic mass is 19.4. The second-order valence-electron chi connectivity index (χ2n) is 8.08. The number of primary amides is 1. The predicted octanol–water partition coefficient (Wildman–Crippen LogP) is 2.56. The number of nitrogens with one attached hydrogen (secondary N) is 1. The molecule has 10 heteroatoms. The molecule has 0 saturated carbocycles. The lowest BCUT2D eigenvalue weighted by molar-refractivity contribution is -0.137. The van der Waals surface area contributed by atoms with Gasteiger partial charge in [0.25, 0.3) is 0 Å². The molecule has 3 amide bonds. The van der Waals surface area contributed by atoms with Crippen LogP contribution in [0.15, 0.2) is 18.2 Å². The number of nitrogens with two attached hydrogens (primary N) is 1. The standard InChI is InChI=1S/C21H26F3N5O2/c1-2-27-20(31)28-7-5-13(6-8-28)16-11-29(12-17(16)19(26)30)15-4-3-14(10-25)18(9-15)21(22,23)24/h3-4,9,13,16-17H,2,5-8,11-12H2,1H3,(H2,26,30)(H,27,31)/t16-,17+/m0/s1. The van der Waals surface area contributed by atoms with Gasteiger partial charge in [-0.1, -0.05) is 0 Å². The number of hydrogen-bond donors (Lipinski definition) is 2. The molecule has 2 fully saturated rings. The van der Waals surface area contributed by atoms with Gasteiger partial charge >= 0.3 is 12.2 Å². The molecule has 3 N–H and O–H groups in total. The van der Waals surface area contributed by atoms with Crippen molar-refractivity contribution in [1.29, 1.82) is 5.26 Å². The number of alkyl halides is 3. The largest absolute Gasteiger partial charge is 0.417 e. The Hall–Kier alpha value is -2.96. The minimum absolute atomic E-state index is 0.0983. The van der Waals surface area contributed by atoms with Crippen molar-refractivity contribution in [2.45, 2.75) is 25.9 Å². The first-order valence-electron chi connectivity index (χ1n) is 10.3. The molecule has 0 unspecified atom stereocenters. The smallest absolute Gasteiger partial charge is 0.370 e. The number of benzene rings is 1. The zero-order chi connectivity index (χ0) is 22.8. The van der Waals surface area contributed by atoms with Crippen LogP contribution in [0.5, 0.6) is 0 Å². The molecule has 1 aromatic carbocycles. The van der Waals surface area contributed by atoms with E-state index in [1.54, 1.807) is 15.9 Å². The van der Waals surface area contributed by atoms with Crippen LogP contribution in [0.4, 0.5) is 23.7 Å². The summed E-state index contributed by atoms with van der Waals surface area (Å²) < 4.78 is 40.1. The highest BCUT2D eigenvalue weighted by Crippen LogP contribution is 2.40. The molecule has 1 aromatic rings. The van der Waals surface area contributed by atoms with Gasteiger partial charge in [0, 0.05) is 38.4 Å². The summed E-state index contributed by atoms with van der Waals surface area (Å²) in [5.41, 5.74) is 4.53. The van der Waals surface area contributed by atoms with Crippen molar-refractivity contribution < 1.29 is 22.8 Å². The summed E-state index contributed by atoms with van der Waals surface area (Å²) in [7, 11) is 0. The number of amides is 3. The van der Waals surface area contributed by atoms with Crippen LogP contribution in [-0.4, -0.2) is 49.6 Å². The van der Waals surface area contributed by atoms with E-state index >= 15 is 0 Å². The number of likely N-dealkylation sites (tertiary alicyclic amines) is 1. The maximum absolute atomic E-state index is 13.4. The molecule has 2 aliphatic rings.